The molecule has 3 heterocycles. The third-order valence-electron chi connectivity index (χ3n) is 6.49. The van der Waals surface area contributed by atoms with E-state index in [4.69, 9.17) is 9.47 Å². The van der Waals surface area contributed by atoms with Gasteiger partial charge in [-0.3, -0.25) is 9.78 Å². The molecule has 1 saturated heterocycles. The molecule has 0 saturated carbocycles. The summed E-state index contributed by atoms with van der Waals surface area (Å²) >= 11 is 3.69. The topological polar surface area (TPSA) is 71.9 Å². The van der Waals surface area contributed by atoms with E-state index < -0.39 is 5.97 Å². The van der Waals surface area contributed by atoms with Gasteiger partial charge in [0.05, 0.1) is 29.6 Å². The predicted octanol–water partition coefficient (Wildman–Crippen LogP) is 5.67. The van der Waals surface area contributed by atoms with Crippen LogP contribution in [0.15, 0.2) is 52.2 Å². The van der Waals surface area contributed by atoms with E-state index in [1.165, 1.54) is 4.21 Å². The van der Waals surface area contributed by atoms with Crippen molar-refractivity contribution in [3.8, 4) is 11.5 Å². The summed E-state index contributed by atoms with van der Waals surface area (Å²) < 4.78 is 12.9. The average molecular weight is 501 g/mol. The molecule has 182 valence electrons. The van der Waals surface area contributed by atoms with Crippen molar-refractivity contribution in [3.63, 3.8) is 0 Å². The van der Waals surface area contributed by atoms with Crippen LogP contribution in [0.2, 0.25) is 0 Å². The van der Waals surface area contributed by atoms with Gasteiger partial charge in [0, 0.05) is 30.6 Å². The summed E-state index contributed by atoms with van der Waals surface area (Å²) in [6, 6.07) is 12.1. The first-order valence-electron chi connectivity index (χ1n) is 11.8. The third kappa shape index (κ3) is 6.87. The number of pyridine rings is 1. The van der Waals surface area contributed by atoms with Gasteiger partial charge >= 0.3 is 5.97 Å². The van der Waals surface area contributed by atoms with Crippen LogP contribution < -0.4 is 9.47 Å². The van der Waals surface area contributed by atoms with E-state index >= 15 is 0 Å². The molecule has 1 aromatic carbocycles. The highest BCUT2D eigenvalue weighted by molar-refractivity contribution is 8.01. The number of likely N-dealkylation sites (tertiary alicyclic amines) is 1. The number of fused-ring (bicyclic) bond motifs is 1. The van der Waals surface area contributed by atoms with Gasteiger partial charge in [0.2, 0.25) is 0 Å². The lowest BCUT2D eigenvalue weighted by atomic mass is 9.80. The van der Waals surface area contributed by atoms with Crippen molar-refractivity contribution in [1.82, 2.24) is 9.88 Å². The molecule has 0 radical (unpaired) electrons. The lowest BCUT2D eigenvalue weighted by molar-refractivity contribution is -0.137. The highest BCUT2D eigenvalue weighted by Gasteiger charge is 2.29. The van der Waals surface area contributed by atoms with Gasteiger partial charge in [-0.25, -0.2) is 0 Å². The molecule has 6 nitrogen and oxygen atoms in total. The largest absolute Gasteiger partial charge is 0.495 e. The van der Waals surface area contributed by atoms with Crippen LogP contribution in [0.25, 0.3) is 10.9 Å². The molecule has 1 N–H and O–H groups in total. The number of aliphatic carboxylic acids is 1. The van der Waals surface area contributed by atoms with Crippen molar-refractivity contribution in [3.05, 3.63) is 48.0 Å². The summed E-state index contributed by atoms with van der Waals surface area (Å²) in [6.07, 6.45) is 4.68. The van der Waals surface area contributed by atoms with Gasteiger partial charge in [-0.15, -0.1) is 23.1 Å². The van der Waals surface area contributed by atoms with Crippen LogP contribution in [0.1, 0.15) is 25.7 Å². The Morgan fingerprint density at radius 3 is 2.97 bits per heavy atom. The number of thiophene rings is 1. The van der Waals surface area contributed by atoms with Crippen LogP contribution in [0.3, 0.4) is 0 Å². The summed E-state index contributed by atoms with van der Waals surface area (Å²) in [6.45, 7) is 3.69. The molecule has 0 aliphatic carbocycles. The lowest BCUT2D eigenvalue weighted by Gasteiger charge is -2.38. The summed E-state index contributed by atoms with van der Waals surface area (Å²) in [5, 5.41) is 12.3. The van der Waals surface area contributed by atoms with Crippen molar-refractivity contribution in [1.29, 1.82) is 0 Å². The number of ether oxygens (including phenoxy) is 2. The van der Waals surface area contributed by atoms with Crippen molar-refractivity contribution >= 4 is 40.0 Å². The number of piperidine rings is 1. The lowest BCUT2D eigenvalue weighted by Crippen LogP contribution is -2.42. The van der Waals surface area contributed by atoms with Crippen LogP contribution in [-0.2, 0) is 4.79 Å². The zero-order valence-corrected chi connectivity index (χ0v) is 21.2. The molecule has 0 unspecified atom stereocenters. The molecule has 0 amide bonds. The van der Waals surface area contributed by atoms with Gasteiger partial charge in [0.25, 0.3) is 0 Å². The zero-order chi connectivity index (χ0) is 23.8. The number of hydrogen-bond acceptors (Lipinski definition) is 7. The molecule has 2 aromatic heterocycles. The second kappa shape index (κ2) is 12.4. The quantitative estimate of drug-likeness (QED) is 0.321. The monoisotopic (exact) mass is 500 g/mol. The van der Waals surface area contributed by atoms with Crippen LogP contribution in [-0.4, -0.2) is 60.1 Å². The maximum absolute atomic E-state index is 11.3. The molecule has 8 heteroatoms. The standard InChI is InChI=1S/C26H32N2O4S2/c1-31-21-16-22-23(27-17-21)4-2-5-24(22)32-13-10-19-9-11-28(18-20(19)7-8-25(29)30)12-15-34-26-6-3-14-33-26/h2-6,14,16-17,19-20H,7-13,15,18H2,1H3,(H,29,30)/t19-,20-/m0/s1. The Morgan fingerprint density at radius 1 is 1.26 bits per heavy atom. The number of aromatic nitrogens is 1. The van der Waals surface area contributed by atoms with Crippen LogP contribution in [0.5, 0.6) is 11.5 Å². The predicted molar refractivity (Wildman–Crippen MR) is 138 cm³/mol. The minimum Gasteiger partial charge on any atom is -0.495 e. The fraction of sp³-hybridized carbons (Fsp3) is 0.462. The Bertz CT molecular complexity index is 1060. The number of hydrogen-bond donors (Lipinski definition) is 1. The minimum atomic E-state index is -0.711. The highest BCUT2D eigenvalue weighted by atomic mass is 32.2. The summed E-state index contributed by atoms with van der Waals surface area (Å²) in [7, 11) is 1.64. The molecular formula is C26H32N2O4S2. The van der Waals surface area contributed by atoms with Crippen LogP contribution >= 0.6 is 23.1 Å². The number of carbonyl (C=O) groups is 1. The maximum Gasteiger partial charge on any atom is 0.303 e. The molecular weight excluding hydrogens is 468 g/mol. The van der Waals surface area contributed by atoms with Gasteiger partial charge in [0.1, 0.15) is 11.5 Å². The molecule has 1 aliphatic heterocycles. The molecule has 1 aliphatic rings. The Hall–Kier alpha value is -2.29. The van der Waals surface area contributed by atoms with Gasteiger partial charge in [0.15, 0.2) is 0 Å². The van der Waals surface area contributed by atoms with Crippen LogP contribution in [0, 0.1) is 11.8 Å². The normalized spacial score (nSPS) is 18.7. The number of thioether (sulfide) groups is 1. The van der Waals surface area contributed by atoms with Gasteiger partial charge in [-0.1, -0.05) is 12.1 Å². The molecule has 34 heavy (non-hydrogen) atoms. The zero-order valence-electron chi connectivity index (χ0n) is 19.5. The highest BCUT2D eigenvalue weighted by Crippen LogP contribution is 2.32. The van der Waals surface area contributed by atoms with Crippen LogP contribution in [0.4, 0.5) is 0 Å². The first-order chi connectivity index (χ1) is 16.6. The molecule has 0 spiro atoms. The maximum atomic E-state index is 11.3. The smallest absolute Gasteiger partial charge is 0.303 e. The van der Waals surface area contributed by atoms with E-state index in [1.807, 2.05) is 36.0 Å². The van der Waals surface area contributed by atoms with Gasteiger partial charge in [-0.2, -0.15) is 0 Å². The number of rotatable bonds is 12. The van der Waals surface area contributed by atoms with Gasteiger partial charge in [-0.05, 0) is 67.3 Å². The number of methoxy groups -OCH3 is 1. The first kappa shape index (κ1) is 24.8. The molecule has 1 fully saturated rings. The number of carboxylic acid groups (broad SMARTS) is 1. The second-order valence-electron chi connectivity index (χ2n) is 8.66. The summed E-state index contributed by atoms with van der Waals surface area (Å²) in [5.74, 6) is 2.74. The van der Waals surface area contributed by atoms with Crippen molar-refractivity contribution in [2.75, 3.05) is 39.1 Å². The molecule has 0 bridgehead atoms. The molecule has 4 rings (SSSR count). The number of carboxylic acids is 1. The molecule has 3 aromatic rings. The summed E-state index contributed by atoms with van der Waals surface area (Å²) in [5.41, 5.74) is 0.881. The van der Waals surface area contributed by atoms with E-state index in [1.54, 1.807) is 24.6 Å². The fourth-order valence-corrected chi connectivity index (χ4v) is 6.52. The first-order valence-corrected chi connectivity index (χ1v) is 13.6. The van der Waals surface area contributed by atoms with Crippen molar-refractivity contribution in [2.45, 2.75) is 29.9 Å². The number of nitrogens with zero attached hydrogens (tertiary/aromatic N) is 2. The Balaban J connectivity index is 1.32. The Kier molecular flexibility index (Phi) is 9.07. The average Bonchev–Trinajstić information content (AvgIpc) is 3.37. The Morgan fingerprint density at radius 2 is 2.18 bits per heavy atom. The van der Waals surface area contributed by atoms with Gasteiger partial charge < -0.3 is 19.5 Å². The van der Waals surface area contributed by atoms with E-state index in [2.05, 4.69) is 27.4 Å². The van der Waals surface area contributed by atoms with Crippen molar-refractivity contribution < 1.29 is 19.4 Å². The fourth-order valence-electron chi connectivity index (χ4n) is 4.66. The molecule has 2 atom stereocenters. The third-order valence-corrected chi connectivity index (χ3v) is 8.61. The van der Waals surface area contributed by atoms with E-state index in [0.717, 1.165) is 61.3 Å². The SMILES string of the molecule is COc1cnc2cccc(OCC[C@@H]3CCN(CCSc4cccs4)C[C@@H]3CCC(=O)O)c2c1. The number of benzene rings is 1. The van der Waals surface area contributed by atoms with E-state index in [9.17, 15) is 9.90 Å². The summed E-state index contributed by atoms with van der Waals surface area (Å²) in [4.78, 5) is 18.2. The second-order valence-corrected chi connectivity index (χ2v) is 11.0. The van der Waals surface area contributed by atoms with E-state index in [-0.39, 0.29) is 6.42 Å². The minimum absolute atomic E-state index is 0.231. The van der Waals surface area contributed by atoms with Crippen molar-refractivity contribution in [2.24, 2.45) is 11.8 Å². The Labute approximate surface area is 209 Å². The van der Waals surface area contributed by atoms with E-state index in [0.29, 0.717) is 24.2 Å².